The van der Waals surface area contributed by atoms with Crippen molar-refractivity contribution in [3.05, 3.63) is 24.3 Å². The maximum atomic E-state index is 12.7. The number of rotatable bonds is 9. The van der Waals surface area contributed by atoms with E-state index in [4.69, 9.17) is 4.74 Å². The largest absolute Gasteiger partial charge is 0.415 e. The maximum absolute atomic E-state index is 12.7. The van der Waals surface area contributed by atoms with Gasteiger partial charge in [-0.3, -0.25) is 14.5 Å². The van der Waals surface area contributed by atoms with E-state index in [0.29, 0.717) is 18.7 Å². The first-order valence-electron chi connectivity index (χ1n) is 9.07. The molecule has 27 heavy (non-hydrogen) atoms. The SMILES string of the molecule is CCSSc1ccccc1OC(=O)N1CCC[C@H]1C(=O)CN[C@@H](C)C(C)=O. The normalized spacial score (nSPS) is 17.6. The van der Waals surface area contributed by atoms with Gasteiger partial charge in [0.1, 0.15) is 11.5 Å². The van der Waals surface area contributed by atoms with Crippen molar-refractivity contribution >= 4 is 39.2 Å². The number of Topliss-reactive ketones (excluding diaryl/α,β-unsaturated/α-hetero) is 2. The molecule has 1 aromatic rings. The van der Waals surface area contributed by atoms with Gasteiger partial charge < -0.3 is 10.1 Å². The number of hydrogen-bond acceptors (Lipinski definition) is 7. The smallest absolute Gasteiger partial charge is 0.409 e. The number of nitrogens with zero attached hydrogens (tertiary/aromatic N) is 1. The van der Waals surface area contributed by atoms with Gasteiger partial charge >= 0.3 is 6.09 Å². The van der Waals surface area contributed by atoms with Crippen LogP contribution in [0.5, 0.6) is 5.75 Å². The molecule has 0 bridgehead atoms. The zero-order valence-corrected chi connectivity index (χ0v) is 17.5. The van der Waals surface area contributed by atoms with Gasteiger partial charge in [-0.15, -0.1) is 0 Å². The van der Waals surface area contributed by atoms with Gasteiger partial charge in [-0.1, -0.05) is 40.6 Å². The number of para-hydroxylation sites is 1. The van der Waals surface area contributed by atoms with Gasteiger partial charge in [0.15, 0.2) is 5.78 Å². The van der Waals surface area contributed by atoms with Crippen LogP contribution in [0.2, 0.25) is 0 Å². The molecule has 1 aliphatic heterocycles. The Morgan fingerprint density at radius 1 is 1.33 bits per heavy atom. The molecule has 0 aromatic heterocycles. The van der Waals surface area contributed by atoms with E-state index in [1.54, 1.807) is 34.6 Å². The third-order valence-corrected chi connectivity index (χ3v) is 6.83. The second-order valence-corrected chi connectivity index (χ2v) is 8.96. The molecule has 1 fully saturated rings. The van der Waals surface area contributed by atoms with Gasteiger partial charge in [0, 0.05) is 12.3 Å². The molecule has 1 amide bonds. The average Bonchev–Trinajstić information content (AvgIpc) is 3.15. The zero-order chi connectivity index (χ0) is 19.8. The van der Waals surface area contributed by atoms with Crippen molar-refractivity contribution in [3.8, 4) is 5.75 Å². The van der Waals surface area contributed by atoms with Crippen LogP contribution in [0.3, 0.4) is 0 Å². The monoisotopic (exact) mass is 410 g/mol. The molecule has 6 nitrogen and oxygen atoms in total. The molecule has 8 heteroatoms. The summed E-state index contributed by atoms with van der Waals surface area (Å²) in [6.45, 7) is 5.83. The summed E-state index contributed by atoms with van der Waals surface area (Å²) in [7, 11) is 3.24. The number of ether oxygens (including phenoxy) is 1. The predicted molar refractivity (Wildman–Crippen MR) is 109 cm³/mol. The van der Waals surface area contributed by atoms with Crippen LogP contribution in [0.4, 0.5) is 4.79 Å². The summed E-state index contributed by atoms with van der Waals surface area (Å²) >= 11 is 0. The molecule has 0 unspecified atom stereocenters. The Bertz CT molecular complexity index is 683. The molecule has 1 N–H and O–H groups in total. The second kappa shape index (κ2) is 10.7. The highest BCUT2D eigenvalue weighted by atomic mass is 33.1. The molecule has 1 aromatic carbocycles. The van der Waals surface area contributed by atoms with E-state index in [9.17, 15) is 14.4 Å². The van der Waals surface area contributed by atoms with Crippen molar-refractivity contribution in [1.29, 1.82) is 0 Å². The number of carbonyl (C=O) groups is 3. The number of ketones is 2. The van der Waals surface area contributed by atoms with Crippen molar-refractivity contribution in [1.82, 2.24) is 10.2 Å². The highest BCUT2D eigenvalue weighted by Crippen LogP contribution is 2.37. The standard InChI is InChI=1S/C19H26N2O4S2/c1-4-26-27-18-10-6-5-9-17(18)25-19(24)21-11-7-8-15(21)16(23)12-20-13(2)14(3)22/h5-6,9-10,13,15,20H,4,7-8,11-12H2,1-3H3/t13-,15-/m0/s1. The highest BCUT2D eigenvalue weighted by molar-refractivity contribution is 8.76. The molecule has 0 spiro atoms. The first kappa shape index (κ1) is 21.8. The lowest BCUT2D eigenvalue weighted by molar-refractivity contribution is -0.122. The fraction of sp³-hybridized carbons (Fsp3) is 0.526. The molecular weight excluding hydrogens is 384 g/mol. The van der Waals surface area contributed by atoms with E-state index in [-0.39, 0.29) is 24.2 Å². The molecular formula is C19H26N2O4S2. The lowest BCUT2D eigenvalue weighted by Crippen LogP contribution is -2.47. The van der Waals surface area contributed by atoms with Crippen molar-refractivity contribution in [2.75, 3.05) is 18.8 Å². The second-order valence-electron chi connectivity index (χ2n) is 6.34. The Labute approximate surface area is 168 Å². The number of carbonyl (C=O) groups excluding carboxylic acids is 3. The Balaban J connectivity index is 1.99. The van der Waals surface area contributed by atoms with E-state index in [2.05, 4.69) is 12.2 Å². The third-order valence-electron chi connectivity index (χ3n) is 4.36. The summed E-state index contributed by atoms with van der Waals surface area (Å²) in [5, 5.41) is 2.92. The number of hydrogen-bond donors (Lipinski definition) is 1. The quantitative estimate of drug-likeness (QED) is 0.624. The predicted octanol–water partition coefficient (Wildman–Crippen LogP) is 3.55. The van der Waals surface area contributed by atoms with Crippen LogP contribution < -0.4 is 10.1 Å². The molecule has 2 atom stereocenters. The van der Waals surface area contributed by atoms with E-state index in [1.165, 1.54) is 11.8 Å². The van der Waals surface area contributed by atoms with Gasteiger partial charge in [-0.2, -0.15) is 0 Å². The van der Waals surface area contributed by atoms with Crippen molar-refractivity contribution in [2.24, 2.45) is 0 Å². The molecule has 0 radical (unpaired) electrons. The zero-order valence-electron chi connectivity index (χ0n) is 15.9. The van der Waals surface area contributed by atoms with Gasteiger partial charge in [-0.05, 0) is 38.8 Å². The van der Waals surface area contributed by atoms with Gasteiger partial charge in [0.05, 0.1) is 23.5 Å². The van der Waals surface area contributed by atoms with Crippen LogP contribution in [0.25, 0.3) is 0 Å². The first-order valence-corrected chi connectivity index (χ1v) is 11.4. The van der Waals surface area contributed by atoms with Crippen LogP contribution in [-0.2, 0) is 9.59 Å². The minimum absolute atomic E-state index is 0.0236. The van der Waals surface area contributed by atoms with Gasteiger partial charge in [0.25, 0.3) is 0 Å². The molecule has 1 saturated heterocycles. The Hall–Kier alpha value is -1.51. The summed E-state index contributed by atoms with van der Waals surface area (Å²) in [6.07, 6.45) is 0.877. The van der Waals surface area contributed by atoms with Crippen LogP contribution in [0.1, 0.15) is 33.6 Å². The summed E-state index contributed by atoms with van der Waals surface area (Å²) in [5.41, 5.74) is 0. The Morgan fingerprint density at radius 2 is 2.07 bits per heavy atom. The van der Waals surface area contributed by atoms with Crippen molar-refractivity contribution in [3.63, 3.8) is 0 Å². The molecule has 0 saturated carbocycles. The number of nitrogens with one attached hydrogen (secondary N) is 1. The van der Waals surface area contributed by atoms with Gasteiger partial charge in [0.2, 0.25) is 0 Å². The lowest BCUT2D eigenvalue weighted by Gasteiger charge is -2.24. The Kier molecular flexibility index (Phi) is 8.66. The summed E-state index contributed by atoms with van der Waals surface area (Å²) in [4.78, 5) is 38.9. The van der Waals surface area contributed by atoms with Crippen LogP contribution in [0, 0.1) is 0 Å². The summed E-state index contributed by atoms with van der Waals surface area (Å²) < 4.78 is 5.60. The van der Waals surface area contributed by atoms with E-state index in [0.717, 1.165) is 17.1 Å². The summed E-state index contributed by atoms with van der Waals surface area (Å²) in [5.74, 6) is 1.34. The molecule has 2 rings (SSSR count). The fourth-order valence-electron chi connectivity index (χ4n) is 2.71. The molecule has 1 aliphatic rings. The number of benzene rings is 1. The van der Waals surface area contributed by atoms with E-state index < -0.39 is 12.1 Å². The van der Waals surface area contributed by atoms with Crippen LogP contribution >= 0.6 is 21.6 Å². The maximum Gasteiger partial charge on any atom is 0.415 e. The highest BCUT2D eigenvalue weighted by Gasteiger charge is 2.35. The molecule has 0 aliphatic carbocycles. The van der Waals surface area contributed by atoms with Crippen LogP contribution in [0.15, 0.2) is 29.2 Å². The van der Waals surface area contributed by atoms with Crippen LogP contribution in [-0.4, -0.2) is 53.5 Å². The molecule has 148 valence electrons. The van der Waals surface area contributed by atoms with E-state index >= 15 is 0 Å². The fourth-order valence-corrected chi connectivity index (χ4v) is 4.43. The third kappa shape index (κ3) is 6.26. The lowest BCUT2D eigenvalue weighted by atomic mass is 10.1. The van der Waals surface area contributed by atoms with Gasteiger partial charge in [-0.25, -0.2) is 4.79 Å². The van der Waals surface area contributed by atoms with E-state index in [1.807, 2.05) is 18.2 Å². The first-order chi connectivity index (χ1) is 12.9. The summed E-state index contributed by atoms with van der Waals surface area (Å²) in [6, 6.07) is 6.52. The number of likely N-dealkylation sites (tertiary alicyclic amines) is 1. The molecule has 1 heterocycles. The van der Waals surface area contributed by atoms with Crippen molar-refractivity contribution in [2.45, 2.75) is 50.6 Å². The van der Waals surface area contributed by atoms with Crippen molar-refractivity contribution < 1.29 is 19.1 Å². The minimum atomic E-state index is -0.506. The topological polar surface area (TPSA) is 75.7 Å². The minimum Gasteiger partial charge on any atom is -0.409 e. The Morgan fingerprint density at radius 3 is 2.78 bits per heavy atom. The average molecular weight is 411 g/mol. The number of amides is 1.